The predicted octanol–water partition coefficient (Wildman–Crippen LogP) is 4.74. The molecule has 0 saturated heterocycles. The molecule has 1 rings (SSSR count). The molecule has 0 aliphatic heterocycles. The summed E-state index contributed by atoms with van der Waals surface area (Å²) < 4.78 is 37.9. The van der Waals surface area contributed by atoms with Gasteiger partial charge in [-0.2, -0.15) is 0 Å². The Labute approximate surface area is 122 Å². The lowest BCUT2D eigenvalue weighted by Crippen LogP contribution is -2.35. The summed E-state index contributed by atoms with van der Waals surface area (Å²) in [5.41, 5.74) is 0. The summed E-state index contributed by atoms with van der Waals surface area (Å²) in [6.07, 6.45) is 5.04. The second-order valence-corrected chi connectivity index (χ2v) is 8.08. The molecule has 0 heterocycles. The number of halogens is 1. The number of sulfone groups is 1. The Hall–Kier alpha value is -0.900. The minimum absolute atomic E-state index is 0.230. The molecule has 0 fully saturated rings. The molecule has 0 unspecified atom stereocenters. The second kappa shape index (κ2) is 7.21. The largest absolute Gasteiger partial charge is 0.223 e. The Balaban J connectivity index is 3.12. The van der Waals surface area contributed by atoms with Crippen LogP contribution in [0.15, 0.2) is 29.2 Å². The Morgan fingerprint density at radius 1 is 1.00 bits per heavy atom. The van der Waals surface area contributed by atoms with Crippen molar-refractivity contribution >= 4 is 9.84 Å². The molecule has 0 amide bonds. The number of benzene rings is 1. The highest BCUT2D eigenvalue weighted by atomic mass is 32.2. The van der Waals surface area contributed by atoms with Crippen molar-refractivity contribution in [2.24, 2.45) is 0 Å². The van der Waals surface area contributed by atoms with Crippen molar-refractivity contribution in [3.05, 3.63) is 30.1 Å². The van der Waals surface area contributed by atoms with E-state index in [2.05, 4.69) is 13.8 Å². The van der Waals surface area contributed by atoms with Crippen molar-refractivity contribution in [2.45, 2.75) is 68.9 Å². The van der Waals surface area contributed by atoms with Crippen molar-refractivity contribution in [1.29, 1.82) is 0 Å². The molecule has 0 aromatic heterocycles. The van der Waals surface area contributed by atoms with Gasteiger partial charge in [0, 0.05) is 0 Å². The lowest BCUT2D eigenvalue weighted by Gasteiger charge is -2.29. The molecule has 0 bridgehead atoms. The van der Waals surface area contributed by atoms with Crippen LogP contribution in [0.4, 0.5) is 4.39 Å². The molecule has 20 heavy (non-hydrogen) atoms. The number of rotatable bonds is 8. The second-order valence-electron chi connectivity index (χ2n) is 5.61. The molecule has 0 aliphatic carbocycles. The minimum atomic E-state index is -3.43. The maximum atomic E-state index is 13.0. The van der Waals surface area contributed by atoms with Crippen molar-refractivity contribution in [3.63, 3.8) is 0 Å². The van der Waals surface area contributed by atoms with Crippen LogP contribution in [-0.2, 0) is 9.84 Å². The van der Waals surface area contributed by atoms with Gasteiger partial charge in [-0.1, -0.05) is 39.5 Å². The van der Waals surface area contributed by atoms with Crippen LogP contribution in [0.25, 0.3) is 0 Å². The van der Waals surface area contributed by atoms with Gasteiger partial charge in [0.1, 0.15) is 5.82 Å². The van der Waals surface area contributed by atoms with E-state index in [-0.39, 0.29) is 4.90 Å². The van der Waals surface area contributed by atoms with E-state index >= 15 is 0 Å². The van der Waals surface area contributed by atoms with E-state index in [9.17, 15) is 12.8 Å². The monoisotopic (exact) mass is 300 g/mol. The molecular weight excluding hydrogens is 275 g/mol. The highest BCUT2D eigenvalue weighted by Gasteiger charge is 2.38. The molecule has 0 radical (unpaired) electrons. The van der Waals surface area contributed by atoms with E-state index in [1.54, 1.807) is 0 Å². The van der Waals surface area contributed by atoms with Crippen molar-refractivity contribution in [2.75, 3.05) is 0 Å². The summed E-state index contributed by atoms with van der Waals surface area (Å²) in [7, 11) is -3.43. The zero-order chi connectivity index (χ0) is 15.2. The summed E-state index contributed by atoms with van der Waals surface area (Å²) in [4.78, 5) is 0.230. The normalized spacial score (nSPS) is 12.6. The van der Waals surface area contributed by atoms with Gasteiger partial charge in [0.05, 0.1) is 9.64 Å². The lowest BCUT2D eigenvalue weighted by atomic mass is 9.97. The summed E-state index contributed by atoms with van der Waals surface area (Å²) >= 11 is 0. The van der Waals surface area contributed by atoms with Crippen LogP contribution in [-0.4, -0.2) is 13.2 Å². The van der Waals surface area contributed by atoms with Crippen LogP contribution >= 0.6 is 0 Å². The van der Waals surface area contributed by atoms with Gasteiger partial charge in [0.25, 0.3) is 0 Å². The first-order valence-corrected chi connectivity index (χ1v) is 8.86. The van der Waals surface area contributed by atoms with E-state index in [1.165, 1.54) is 24.3 Å². The summed E-state index contributed by atoms with van der Waals surface area (Å²) in [6, 6.07) is 5.18. The SMILES string of the molecule is CCCCC(C)(CCCC)S(=O)(=O)c1ccc(F)cc1. The summed E-state index contributed by atoms with van der Waals surface area (Å²) in [5.74, 6) is -0.409. The van der Waals surface area contributed by atoms with Gasteiger partial charge in [0.15, 0.2) is 9.84 Å². The molecule has 0 saturated carbocycles. The molecule has 0 atom stereocenters. The van der Waals surface area contributed by atoms with Crippen molar-refractivity contribution < 1.29 is 12.8 Å². The molecule has 4 heteroatoms. The van der Waals surface area contributed by atoms with Crippen LogP contribution < -0.4 is 0 Å². The van der Waals surface area contributed by atoms with Crippen LogP contribution in [0, 0.1) is 5.82 Å². The number of hydrogen-bond acceptors (Lipinski definition) is 2. The topological polar surface area (TPSA) is 34.1 Å². The molecular formula is C16H25FO2S. The number of unbranched alkanes of at least 4 members (excludes halogenated alkanes) is 2. The fourth-order valence-electron chi connectivity index (χ4n) is 2.39. The van der Waals surface area contributed by atoms with E-state index < -0.39 is 20.4 Å². The van der Waals surface area contributed by atoms with Gasteiger partial charge in [-0.05, 0) is 44.0 Å². The maximum absolute atomic E-state index is 13.0. The molecule has 114 valence electrons. The number of hydrogen-bond donors (Lipinski definition) is 0. The van der Waals surface area contributed by atoms with Gasteiger partial charge < -0.3 is 0 Å². The van der Waals surface area contributed by atoms with Gasteiger partial charge >= 0.3 is 0 Å². The van der Waals surface area contributed by atoms with Gasteiger partial charge in [-0.25, -0.2) is 12.8 Å². The van der Waals surface area contributed by atoms with Gasteiger partial charge in [-0.3, -0.25) is 0 Å². The van der Waals surface area contributed by atoms with Crippen LogP contribution in [0.1, 0.15) is 59.3 Å². The third kappa shape index (κ3) is 3.81. The standard InChI is InChI=1S/C16H25FO2S/c1-4-6-12-16(3,13-7-5-2)20(18,19)15-10-8-14(17)9-11-15/h8-11H,4-7,12-13H2,1-3H3. The molecule has 0 spiro atoms. The fourth-order valence-corrected chi connectivity index (χ4v) is 4.28. The Bertz CT molecular complexity index is 498. The smallest absolute Gasteiger partial charge is 0.183 e. The van der Waals surface area contributed by atoms with E-state index in [0.29, 0.717) is 12.8 Å². The first-order valence-electron chi connectivity index (χ1n) is 7.37. The summed E-state index contributed by atoms with van der Waals surface area (Å²) in [6.45, 7) is 5.95. The quantitative estimate of drug-likeness (QED) is 0.650. The van der Waals surface area contributed by atoms with Gasteiger partial charge in [0.2, 0.25) is 0 Å². The summed E-state index contributed by atoms with van der Waals surface area (Å²) in [5, 5.41) is 0. The van der Waals surface area contributed by atoms with E-state index in [0.717, 1.165) is 25.7 Å². The maximum Gasteiger partial charge on any atom is 0.183 e. The highest BCUT2D eigenvalue weighted by molar-refractivity contribution is 7.92. The Morgan fingerprint density at radius 2 is 1.45 bits per heavy atom. The van der Waals surface area contributed by atoms with E-state index in [4.69, 9.17) is 0 Å². The zero-order valence-corrected chi connectivity index (χ0v) is 13.5. The van der Waals surface area contributed by atoms with Gasteiger partial charge in [-0.15, -0.1) is 0 Å². The van der Waals surface area contributed by atoms with E-state index in [1.807, 2.05) is 6.92 Å². The zero-order valence-electron chi connectivity index (χ0n) is 12.7. The first-order chi connectivity index (χ1) is 9.37. The average molecular weight is 300 g/mol. The third-order valence-electron chi connectivity index (χ3n) is 3.89. The molecule has 2 nitrogen and oxygen atoms in total. The highest BCUT2D eigenvalue weighted by Crippen LogP contribution is 2.35. The Morgan fingerprint density at radius 3 is 1.85 bits per heavy atom. The molecule has 0 N–H and O–H groups in total. The fraction of sp³-hybridized carbons (Fsp3) is 0.625. The third-order valence-corrected chi connectivity index (χ3v) is 6.49. The first kappa shape index (κ1) is 17.2. The molecule has 1 aromatic carbocycles. The predicted molar refractivity (Wildman–Crippen MR) is 81.0 cm³/mol. The van der Waals surface area contributed by atoms with Crippen LogP contribution in [0.3, 0.4) is 0 Å². The van der Waals surface area contributed by atoms with Crippen molar-refractivity contribution in [1.82, 2.24) is 0 Å². The van der Waals surface area contributed by atoms with Crippen LogP contribution in [0.2, 0.25) is 0 Å². The minimum Gasteiger partial charge on any atom is -0.223 e. The lowest BCUT2D eigenvalue weighted by molar-refractivity contribution is 0.452. The molecule has 0 aliphatic rings. The average Bonchev–Trinajstić information content (AvgIpc) is 2.43. The molecule has 1 aromatic rings. The van der Waals surface area contributed by atoms with Crippen LogP contribution in [0.5, 0.6) is 0 Å². The Kier molecular flexibility index (Phi) is 6.18. The van der Waals surface area contributed by atoms with Crippen molar-refractivity contribution in [3.8, 4) is 0 Å².